The largest absolute Gasteiger partial charge is 0.497 e. The first-order valence-corrected chi connectivity index (χ1v) is 8.03. The molecule has 0 aliphatic carbocycles. The average Bonchev–Trinajstić information content (AvgIpc) is 2.62. The molecule has 0 bridgehead atoms. The molecule has 0 aromatic heterocycles. The summed E-state index contributed by atoms with van der Waals surface area (Å²) in [7, 11) is 1.64. The van der Waals surface area contributed by atoms with Crippen molar-refractivity contribution < 1.29 is 14.6 Å². The molecule has 0 saturated heterocycles. The fourth-order valence-electron chi connectivity index (χ4n) is 2.43. The summed E-state index contributed by atoms with van der Waals surface area (Å²) in [6.07, 6.45) is 0.723. The molecule has 2 aromatic rings. The Balaban J connectivity index is 1.86. The topological polar surface area (TPSA) is 61.8 Å². The number of ether oxygens (including phenoxy) is 1. The quantitative estimate of drug-likeness (QED) is 0.782. The average molecular weight is 328 g/mol. The SMILES string of the molecule is COc1cccc(CCNC(=O)N(CCO)Cc2ccccc2)c1. The maximum absolute atomic E-state index is 12.3. The highest BCUT2D eigenvalue weighted by Gasteiger charge is 2.12. The van der Waals surface area contributed by atoms with Crippen LogP contribution < -0.4 is 10.1 Å². The van der Waals surface area contributed by atoms with Crippen molar-refractivity contribution in [3.05, 3.63) is 65.7 Å². The lowest BCUT2D eigenvalue weighted by Crippen LogP contribution is -2.41. The first-order chi connectivity index (χ1) is 11.7. The van der Waals surface area contributed by atoms with E-state index in [2.05, 4.69) is 5.32 Å². The molecule has 0 aliphatic rings. The van der Waals surface area contributed by atoms with E-state index in [1.165, 1.54) is 0 Å². The van der Waals surface area contributed by atoms with Crippen LogP contribution in [0.5, 0.6) is 5.75 Å². The monoisotopic (exact) mass is 328 g/mol. The summed E-state index contributed by atoms with van der Waals surface area (Å²) in [5.74, 6) is 0.810. The van der Waals surface area contributed by atoms with E-state index >= 15 is 0 Å². The second kappa shape index (κ2) is 9.57. The number of nitrogens with zero attached hydrogens (tertiary/aromatic N) is 1. The number of aliphatic hydroxyl groups is 1. The Morgan fingerprint density at radius 2 is 1.88 bits per heavy atom. The smallest absolute Gasteiger partial charge is 0.317 e. The highest BCUT2D eigenvalue weighted by Crippen LogP contribution is 2.12. The Hall–Kier alpha value is -2.53. The highest BCUT2D eigenvalue weighted by atomic mass is 16.5. The van der Waals surface area contributed by atoms with Crippen molar-refractivity contribution in [1.82, 2.24) is 10.2 Å². The molecule has 2 N–H and O–H groups in total. The van der Waals surface area contributed by atoms with Gasteiger partial charge in [0.15, 0.2) is 0 Å². The third-order valence-corrected chi connectivity index (χ3v) is 3.70. The minimum Gasteiger partial charge on any atom is -0.497 e. The molecule has 5 heteroatoms. The predicted octanol–water partition coefficient (Wildman–Crippen LogP) is 2.44. The zero-order valence-corrected chi connectivity index (χ0v) is 13.9. The number of benzene rings is 2. The first-order valence-electron chi connectivity index (χ1n) is 8.03. The minimum atomic E-state index is -0.171. The van der Waals surface area contributed by atoms with Gasteiger partial charge < -0.3 is 20.1 Å². The summed E-state index contributed by atoms with van der Waals surface area (Å²) in [6.45, 7) is 1.26. The summed E-state index contributed by atoms with van der Waals surface area (Å²) in [4.78, 5) is 13.9. The zero-order chi connectivity index (χ0) is 17.2. The molecule has 2 rings (SSSR count). The summed E-state index contributed by atoms with van der Waals surface area (Å²) in [5, 5.41) is 12.1. The lowest BCUT2D eigenvalue weighted by Gasteiger charge is -2.22. The number of carbonyl (C=O) groups is 1. The van der Waals surface area contributed by atoms with Crippen LogP contribution in [0.15, 0.2) is 54.6 Å². The lowest BCUT2D eigenvalue weighted by atomic mass is 10.1. The molecule has 0 atom stereocenters. The maximum atomic E-state index is 12.3. The van der Waals surface area contributed by atoms with Gasteiger partial charge >= 0.3 is 6.03 Å². The van der Waals surface area contributed by atoms with Gasteiger partial charge in [-0.3, -0.25) is 0 Å². The zero-order valence-electron chi connectivity index (χ0n) is 13.9. The van der Waals surface area contributed by atoms with Gasteiger partial charge in [-0.15, -0.1) is 0 Å². The number of amides is 2. The van der Waals surface area contributed by atoms with E-state index < -0.39 is 0 Å². The number of hydrogen-bond acceptors (Lipinski definition) is 3. The number of aliphatic hydroxyl groups excluding tert-OH is 1. The molecular weight excluding hydrogens is 304 g/mol. The van der Waals surface area contributed by atoms with Gasteiger partial charge in [0.1, 0.15) is 5.75 Å². The van der Waals surface area contributed by atoms with Crippen molar-refractivity contribution in [2.75, 3.05) is 26.8 Å². The number of urea groups is 1. The normalized spacial score (nSPS) is 10.2. The van der Waals surface area contributed by atoms with E-state index in [1.54, 1.807) is 12.0 Å². The van der Waals surface area contributed by atoms with Crippen molar-refractivity contribution in [2.45, 2.75) is 13.0 Å². The number of hydrogen-bond donors (Lipinski definition) is 2. The van der Waals surface area contributed by atoms with Crippen LogP contribution in [0.4, 0.5) is 4.79 Å². The van der Waals surface area contributed by atoms with Gasteiger partial charge in [-0.1, -0.05) is 42.5 Å². The standard InChI is InChI=1S/C19H24N2O3/c1-24-18-9-5-8-16(14-18)10-11-20-19(23)21(12-13-22)15-17-6-3-2-4-7-17/h2-9,14,22H,10-13,15H2,1H3,(H,20,23). The van der Waals surface area contributed by atoms with E-state index in [0.717, 1.165) is 23.3 Å². The number of methoxy groups -OCH3 is 1. The van der Waals surface area contributed by atoms with Crippen molar-refractivity contribution in [3.8, 4) is 5.75 Å². The predicted molar refractivity (Wildman–Crippen MR) is 94.0 cm³/mol. The number of rotatable bonds is 8. The van der Waals surface area contributed by atoms with E-state index in [1.807, 2.05) is 54.6 Å². The van der Waals surface area contributed by atoms with Crippen LogP contribution in [-0.4, -0.2) is 42.8 Å². The van der Waals surface area contributed by atoms with E-state index in [0.29, 0.717) is 19.6 Å². The molecule has 2 amide bonds. The maximum Gasteiger partial charge on any atom is 0.317 e. The number of nitrogens with one attached hydrogen (secondary N) is 1. The van der Waals surface area contributed by atoms with Crippen LogP contribution in [0, 0.1) is 0 Å². The van der Waals surface area contributed by atoms with Crippen LogP contribution in [0.25, 0.3) is 0 Å². The van der Waals surface area contributed by atoms with Crippen molar-refractivity contribution in [1.29, 1.82) is 0 Å². The molecule has 2 aromatic carbocycles. The van der Waals surface area contributed by atoms with E-state index in [-0.39, 0.29) is 12.6 Å². The molecular formula is C19H24N2O3. The Kier molecular flexibility index (Phi) is 7.11. The molecule has 5 nitrogen and oxygen atoms in total. The van der Waals surface area contributed by atoms with Crippen molar-refractivity contribution >= 4 is 6.03 Å². The fourth-order valence-corrected chi connectivity index (χ4v) is 2.43. The third kappa shape index (κ3) is 5.59. The highest BCUT2D eigenvalue weighted by molar-refractivity contribution is 5.74. The lowest BCUT2D eigenvalue weighted by molar-refractivity contribution is 0.174. The van der Waals surface area contributed by atoms with Gasteiger partial charge in [0.25, 0.3) is 0 Å². The Labute approximate surface area is 142 Å². The molecule has 0 spiro atoms. The number of carbonyl (C=O) groups excluding carboxylic acids is 1. The van der Waals surface area contributed by atoms with E-state index in [4.69, 9.17) is 4.74 Å². The molecule has 0 fully saturated rings. The van der Waals surface area contributed by atoms with Gasteiger partial charge in [0, 0.05) is 19.6 Å². The van der Waals surface area contributed by atoms with Crippen LogP contribution >= 0.6 is 0 Å². The summed E-state index contributed by atoms with van der Waals surface area (Å²) in [5.41, 5.74) is 2.14. The van der Waals surface area contributed by atoms with Crippen molar-refractivity contribution in [3.63, 3.8) is 0 Å². The summed E-state index contributed by atoms with van der Waals surface area (Å²) < 4.78 is 5.20. The second-order valence-electron chi connectivity index (χ2n) is 5.46. The Morgan fingerprint density at radius 3 is 2.58 bits per heavy atom. The van der Waals surface area contributed by atoms with Gasteiger partial charge in [0.05, 0.1) is 13.7 Å². The van der Waals surface area contributed by atoms with Crippen molar-refractivity contribution in [2.24, 2.45) is 0 Å². The van der Waals surface area contributed by atoms with Gasteiger partial charge in [-0.05, 0) is 29.7 Å². The van der Waals surface area contributed by atoms with Gasteiger partial charge in [-0.25, -0.2) is 4.79 Å². The molecule has 0 heterocycles. The molecule has 24 heavy (non-hydrogen) atoms. The van der Waals surface area contributed by atoms with Crippen LogP contribution in [0.1, 0.15) is 11.1 Å². The minimum absolute atomic E-state index is 0.0594. The first kappa shape index (κ1) is 17.8. The molecule has 128 valence electrons. The molecule has 0 saturated carbocycles. The Bertz CT molecular complexity index is 632. The third-order valence-electron chi connectivity index (χ3n) is 3.70. The van der Waals surface area contributed by atoms with Crippen LogP contribution in [0.3, 0.4) is 0 Å². The Morgan fingerprint density at radius 1 is 1.12 bits per heavy atom. The van der Waals surface area contributed by atoms with Gasteiger partial charge in [-0.2, -0.15) is 0 Å². The van der Waals surface area contributed by atoms with E-state index in [9.17, 15) is 9.90 Å². The fraction of sp³-hybridized carbons (Fsp3) is 0.316. The van der Waals surface area contributed by atoms with Crippen LogP contribution in [0.2, 0.25) is 0 Å². The second-order valence-corrected chi connectivity index (χ2v) is 5.46. The molecule has 0 aliphatic heterocycles. The summed E-state index contributed by atoms with van der Waals surface area (Å²) in [6, 6.07) is 17.4. The molecule has 0 radical (unpaired) electrons. The van der Waals surface area contributed by atoms with Crippen LogP contribution in [-0.2, 0) is 13.0 Å². The summed E-state index contributed by atoms with van der Waals surface area (Å²) >= 11 is 0. The van der Waals surface area contributed by atoms with Gasteiger partial charge in [0.2, 0.25) is 0 Å². The molecule has 0 unspecified atom stereocenters.